The molecule has 0 bridgehead atoms. The second-order valence-electron chi connectivity index (χ2n) is 7.35. The van der Waals surface area contributed by atoms with E-state index in [1.54, 1.807) is 43.3 Å². The summed E-state index contributed by atoms with van der Waals surface area (Å²) in [5, 5.41) is 6.50. The maximum absolute atomic E-state index is 12.5. The first-order chi connectivity index (χ1) is 15.8. The second-order valence-corrected chi connectivity index (χ2v) is 8.60. The fourth-order valence-electron chi connectivity index (χ4n) is 3.02. The summed E-state index contributed by atoms with van der Waals surface area (Å²) in [5.41, 5.74) is 4.02. The van der Waals surface area contributed by atoms with Gasteiger partial charge < -0.3 is 14.5 Å². The summed E-state index contributed by atoms with van der Waals surface area (Å²) in [6, 6.07) is 18.1. The highest BCUT2D eigenvalue weighted by Gasteiger charge is 2.18. The Morgan fingerprint density at radius 3 is 2.58 bits per heavy atom. The Hall–Kier alpha value is -3.13. The average Bonchev–Trinajstić information content (AvgIpc) is 3.19. The quantitative estimate of drug-likeness (QED) is 0.309. The number of nitrogens with one attached hydrogen (secondary N) is 2. The van der Waals surface area contributed by atoms with Crippen LogP contribution in [0.15, 0.2) is 65.1 Å². The average molecular weight is 500 g/mol. The molecule has 33 heavy (non-hydrogen) atoms. The van der Waals surface area contributed by atoms with Crippen LogP contribution in [0.25, 0.3) is 22.6 Å². The van der Waals surface area contributed by atoms with E-state index < -0.39 is 12.0 Å². The molecule has 0 saturated carbocycles. The number of hydrogen-bond acceptors (Lipinski definition) is 5. The topological polar surface area (TPSA) is 76.4 Å². The molecule has 2 N–H and O–H groups in total. The van der Waals surface area contributed by atoms with E-state index in [1.807, 2.05) is 31.2 Å². The van der Waals surface area contributed by atoms with Crippen LogP contribution in [0.4, 0.5) is 5.69 Å². The van der Waals surface area contributed by atoms with Crippen molar-refractivity contribution in [1.82, 2.24) is 10.3 Å². The van der Waals surface area contributed by atoms with E-state index in [9.17, 15) is 4.79 Å². The molecule has 0 fully saturated rings. The first kappa shape index (κ1) is 23.0. The van der Waals surface area contributed by atoms with Gasteiger partial charge in [-0.15, -0.1) is 0 Å². The minimum absolute atomic E-state index is 0.124. The molecule has 3 aromatic carbocycles. The zero-order valence-electron chi connectivity index (χ0n) is 17.7. The van der Waals surface area contributed by atoms with Crippen LogP contribution in [0.2, 0.25) is 10.0 Å². The Kier molecular flexibility index (Phi) is 6.83. The second kappa shape index (κ2) is 9.79. The molecule has 0 aliphatic heterocycles. The van der Waals surface area contributed by atoms with Gasteiger partial charge in [0.15, 0.2) is 16.8 Å². The number of fused-ring (bicyclic) bond motifs is 1. The van der Waals surface area contributed by atoms with E-state index in [-0.39, 0.29) is 5.11 Å². The molecule has 1 unspecified atom stereocenters. The maximum Gasteiger partial charge on any atom is 0.266 e. The number of nitrogens with zero attached hydrogens (tertiary/aromatic N) is 1. The van der Waals surface area contributed by atoms with Crippen LogP contribution in [0.5, 0.6) is 5.75 Å². The van der Waals surface area contributed by atoms with E-state index in [1.165, 1.54) is 0 Å². The molecule has 0 saturated heterocycles. The van der Waals surface area contributed by atoms with Gasteiger partial charge in [0, 0.05) is 16.3 Å². The monoisotopic (exact) mass is 499 g/mol. The Balaban J connectivity index is 1.39. The van der Waals surface area contributed by atoms with Gasteiger partial charge in [-0.1, -0.05) is 40.9 Å². The van der Waals surface area contributed by atoms with Gasteiger partial charge in [0.05, 0.1) is 5.02 Å². The molecule has 1 atom stereocenters. The predicted molar refractivity (Wildman–Crippen MR) is 135 cm³/mol. The van der Waals surface area contributed by atoms with Crippen LogP contribution in [-0.4, -0.2) is 22.1 Å². The van der Waals surface area contributed by atoms with E-state index in [4.69, 9.17) is 44.6 Å². The van der Waals surface area contributed by atoms with Crippen molar-refractivity contribution in [2.45, 2.75) is 20.0 Å². The van der Waals surface area contributed by atoms with E-state index in [0.717, 1.165) is 11.1 Å². The summed E-state index contributed by atoms with van der Waals surface area (Å²) < 4.78 is 11.5. The molecular formula is C24H19Cl2N3O3S. The van der Waals surface area contributed by atoms with E-state index >= 15 is 0 Å². The number of aryl methyl sites for hydroxylation is 1. The Labute approximate surface area is 205 Å². The number of ether oxygens (including phenoxy) is 1. The summed E-state index contributed by atoms with van der Waals surface area (Å²) in [7, 11) is 0. The van der Waals surface area contributed by atoms with Crippen molar-refractivity contribution in [3.05, 3.63) is 76.3 Å². The van der Waals surface area contributed by atoms with Crippen molar-refractivity contribution >= 4 is 63.2 Å². The predicted octanol–water partition coefficient (Wildman–Crippen LogP) is 6.39. The summed E-state index contributed by atoms with van der Waals surface area (Å²) >= 11 is 17.2. The number of halogens is 2. The molecule has 1 amide bonds. The third-order valence-corrected chi connectivity index (χ3v) is 5.48. The molecule has 1 heterocycles. The van der Waals surface area contributed by atoms with Gasteiger partial charge in [0.1, 0.15) is 11.3 Å². The van der Waals surface area contributed by atoms with Crippen LogP contribution in [0.3, 0.4) is 0 Å². The molecule has 4 rings (SSSR count). The zero-order chi connectivity index (χ0) is 23.5. The lowest BCUT2D eigenvalue weighted by atomic mass is 10.1. The van der Waals surface area contributed by atoms with Gasteiger partial charge in [-0.25, -0.2) is 4.98 Å². The number of benzene rings is 3. The van der Waals surface area contributed by atoms with Crippen molar-refractivity contribution in [3.63, 3.8) is 0 Å². The zero-order valence-corrected chi connectivity index (χ0v) is 20.0. The standard InChI is InChI=1S/C24H19Cl2N3O3S/c1-13-3-5-15(6-4-13)23-28-19-12-17(8-10-21(19)32-23)27-24(33)29-22(30)14(2)31-20-9-7-16(25)11-18(20)26/h3-12,14H,1-2H3,(H2,27,29,30,33). The lowest BCUT2D eigenvalue weighted by molar-refractivity contribution is -0.125. The maximum atomic E-state index is 12.5. The highest BCUT2D eigenvalue weighted by molar-refractivity contribution is 7.80. The van der Waals surface area contributed by atoms with Crippen LogP contribution in [0, 0.1) is 6.92 Å². The highest BCUT2D eigenvalue weighted by Crippen LogP contribution is 2.29. The molecular weight excluding hydrogens is 481 g/mol. The molecule has 0 radical (unpaired) electrons. The third-order valence-electron chi connectivity index (χ3n) is 4.75. The number of carbonyl (C=O) groups is 1. The number of anilines is 1. The summed E-state index contributed by atoms with van der Waals surface area (Å²) in [4.78, 5) is 17.0. The van der Waals surface area contributed by atoms with Gasteiger partial charge >= 0.3 is 0 Å². The SMILES string of the molecule is Cc1ccc(-c2nc3cc(NC(=S)NC(=O)C(C)Oc4ccc(Cl)cc4Cl)ccc3o2)cc1. The van der Waals surface area contributed by atoms with Crippen LogP contribution >= 0.6 is 35.4 Å². The Bertz CT molecular complexity index is 1340. The molecule has 9 heteroatoms. The number of rotatable bonds is 5. The van der Waals surface area contributed by atoms with Gasteiger partial charge in [-0.3, -0.25) is 10.1 Å². The van der Waals surface area contributed by atoms with Crippen LogP contribution in [0.1, 0.15) is 12.5 Å². The Morgan fingerprint density at radius 1 is 1.09 bits per heavy atom. The minimum Gasteiger partial charge on any atom is -0.479 e. The summed E-state index contributed by atoms with van der Waals surface area (Å²) in [6.45, 7) is 3.62. The minimum atomic E-state index is -0.835. The van der Waals surface area contributed by atoms with Crippen molar-refractivity contribution in [2.24, 2.45) is 0 Å². The van der Waals surface area contributed by atoms with Gasteiger partial charge in [-0.2, -0.15) is 0 Å². The van der Waals surface area contributed by atoms with Crippen LogP contribution < -0.4 is 15.4 Å². The van der Waals surface area contributed by atoms with Gasteiger partial charge in [0.2, 0.25) is 5.89 Å². The number of amides is 1. The summed E-state index contributed by atoms with van der Waals surface area (Å²) in [5.74, 6) is 0.455. The molecule has 168 valence electrons. The third kappa shape index (κ3) is 5.63. The Morgan fingerprint density at radius 2 is 1.85 bits per heavy atom. The van der Waals surface area contributed by atoms with E-state index in [2.05, 4.69) is 15.6 Å². The summed E-state index contributed by atoms with van der Waals surface area (Å²) in [6.07, 6.45) is -0.835. The van der Waals surface area contributed by atoms with Crippen molar-refractivity contribution in [1.29, 1.82) is 0 Å². The largest absolute Gasteiger partial charge is 0.479 e. The number of carbonyl (C=O) groups excluding carboxylic acids is 1. The number of thiocarbonyl (C=S) groups is 1. The molecule has 0 spiro atoms. The number of aromatic nitrogens is 1. The van der Waals surface area contributed by atoms with Crippen molar-refractivity contribution in [2.75, 3.05) is 5.32 Å². The molecule has 0 aliphatic rings. The smallest absolute Gasteiger partial charge is 0.266 e. The van der Waals surface area contributed by atoms with Crippen LogP contribution in [-0.2, 0) is 4.79 Å². The molecule has 6 nitrogen and oxygen atoms in total. The van der Waals surface area contributed by atoms with Gasteiger partial charge in [-0.05, 0) is 74.6 Å². The first-order valence-corrected chi connectivity index (χ1v) is 11.2. The number of hydrogen-bond donors (Lipinski definition) is 2. The van der Waals surface area contributed by atoms with Crippen molar-refractivity contribution < 1.29 is 13.9 Å². The lowest BCUT2D eigenvalue weighted by Gasteiger charge is -2.16. The normalized spacial score (nSPS) is 11.8. The molecule has 0 aliphatic carbocycles. The lowest BCUT2D eigenvalue weighted by Crippen LogP contribution is -2.42. The molecule has 4 aromatic rings. The fraction of sp³-hybridized carbons (Fsp3) is 0.125. The number of oxazole rings is 1. The van der Waals surface area contributed by atoms with E-state index in [0.29, 0.717) is 38.5 Å². The van der Waals surface area contributed by atoms with Crippen molar-refractivity contribution in [3.8, 4) is 17.2 Å². The highest BCUT2D eigenvalue weighted by atomic mass is 35.5. The van der Waals surface area contributed by atoms with Gasteiger partial charge in [0.25, 0.3) is 5.91 Å². The fourth-order valence-corrected chi connectivity index (χ4v) is 3.69. The first-order valence-electron chi connectivity index (χ1n) is 9.99. The molecule has 1 aromatic heterocycles.